The molecule has 1 aliphatic rings. The predicted molar refractivity (Wildman–Crippen MR) is 95.2 cm³/mol. The molecule has 2 aromatic rings. The number of aliphatic hydroxyl groups excluding tert-OH is 2. The van der Waals surface area contributed by atoms with E-state index in [-0.39, 0.29) is 12.5 Å². The number of nitrogens with zero attached hydrogens (tertiary/aromatic N) is 2. The summed E-state index contributed by atoms with van der Waals surface area (Å²) in [6.45, 7) is 2.64. The van der Waals surface area contributed by atoms with Gasteiger partial charge in [-0.3, -0.25) is 4.90 Å². The molecule has 1 unspecified atom stereocenters. The van der Waals surface area contributed by atoms with E-state index in [1.165, 1.54) is 4.88 Å². The van der Waals surface area contributed by atoms with Gasteiger partial charge in [-0.05, 0) is 44.0 Å². The van der Waals surface area contributed by atoms with E-state index in [0.717, 1.165) is 48.8 Å². The van der Waals surface area contributed by atoms with Crippen LogP contribution in [0.2, 0.25) is 0 Å². The van der Waals surface area contributed by atoms with Crippen molar-refractivity contribution in [3.05, 3.63) is 35.3 Å². The van der Waals surface area contributed by atoms with Crippen LogP contribution in [0.4, 0.5) is 0 Å². The third-order valence-corrected chi connectivity index (χ3v) is 5.65. The summed E-state index contributed by atoms with van der Waals surface area (Å²) in [5.41, 5.74) is 1.03. The number of piperidine rings is 1. The van der Waals surface area contributed by atoms with Crippen molar-refractivity contribution < 1.29 is 14.9 Å². The van der Waals surface area contributed by atoms with Crippen LogP contribution in [0.25, 0.3) is 10.6 Å². The molecule has 2 N–H and O–H groups in total. The number of thiazole rings is 1. The second-order valence-electron chi connectivity index (χ2n) is 6.20. The SMILES string of the molecule is COc1ccccc1-c1ncc(CN2CCC(C(O)CO)CC2)s1. The molecule has 0 aliphatic carbocycles. The lowest BCUT2D eigenvalue weighted by atomic mass is 9.91. The predicted octanol–water partition coefficient (Wildman–Crippen LogP) is 2.38. The van der Waals surface area contributed by atoms with Crippen LogP contribution in [-0.4, -0.2) is 53.0 Å². The normalized spacial score (nSPS) is 17.8. The fraction of sp³-hybridized carbons (Fsp3) is 0.500. The molecule has 1 aromatic heterocycles. The summed E-state index contributed by atoms with van der Waals surface area (Å²) >= 11 is 1.70. The second kappa shape index (κ2) is 8.07. The number of ether oxygens (including phenoxy) is 1. The molecule has 1 saturated heterocycles. The molecule has 1 aliphatic heterocycles. The van der Waals surface area contributed by atoms with Gasteiger partial charge >= 0.3 is 0 Å². The van der Waals surface area contributed by atoms with E-state index in [4.69, 9.17) is 9.84 Å². The Bertz CT molecular complexity index is 653. The molecule has 24 heavy (non-hydrogen) atoms. The van der Waals surface area contributed by atoms with E-state index in [9.17, 15) is 5.11 Å². The number of hydrogen-bond acceptors (Lipinski definition) is 6. The maximum atomic E-state index is 9.75. The van der Waals surface area contributed by atoms with Gasteiger partial charge in [-0.2, -0.15) is 0 Å². The molecule has 0 amide bonds. The number of rotatable bonds is 6. The number of aromatic nitrogens is 1. The molecule has 1 aromatic carbocycles. The summed E-state index contributed by atoms with van der Waals surface area (Å²) in [5.74, 6) is 1.06. The van der Waals surface area contributed by atoms with Crippen molar-refractivity contribution in [2.45, 2.75) is 25.5 Å². The van der Waals surface area contributed by atoms with E-state index in [0.29, 0.717) is 0 Å². The molecular weight excluding hydrogens is 324 g/mol. The topological polar surface area (TPSA) is 65.8 Å². The first kappa shape index (κ1) is 17.4. The van der Waals surface area contributed by atoms with E-state index in [2.05, 4.69) is 9.88 Å². The molecule has 2 heterocycles. The van der Waals surface area contributed by atoms with Gasteiger partial charge in [-0.25, -0.2) is 4.98 Å². The zero-order valence-corrected chi connectivity index (χ0v) is 14.7. The number of hydrogen-bond donors (Lipinski definition) is 2. The molecule has 6 heteroatoms. The van der Waals surface area contributed by atoms with Crippen LogP contribution >= 0.6 is 11.3 Å². The van der Waals surface area contributed by atoms with E-state index in [1.807, 2.05) is 30.5 Å². The van der Waals surface area contributed by atoms with Gasteiger partial charge in [0.05, 0.1) is 25.4 Å². The molecule has 0 saturated carbocycles. The summed E-state index contributed by atoms with van der Waals surface area (Å²) in [4.78, 5) is 8.18. The summed E-state index contributed by atoms with van der Waals surface area (Å²) in [6.07, 6.45) is 3.23. The molecular formula is C18H24N2O3S. The van der Waals surface area contributed by atoms with Gasteiger partial charge in [0.2, 0.25) is 0 Å². The number of likely N-dealkylation sites (tertiary alicyclic amines) is 1. The molecule has 0 radical (unpaired) electrons. The molecule has 1 atom stereocenters. The minimum atomic E-state index is -0.576. The van der Waals surface area contributed by atoms with Crippen LogP contribution in [0.5, 0.6) is 5.75 Å². The summed E-state index contributed by atoms with van der Waals surface area (Å²) in [7, 11) is 1.68. The third kappa shape index (κ3) is 3.95. The average Bonchev–Trinajstić information content (AvgIpc) is 3.10. The Balaban J connectivity index is 1.61. The van der Waals surface area contributed by atoms with Crippen LogP contribution in [0.3, 0.4) is 0 Å². The fourth-order valence-electron chi connectivity index (χ4n) is 3.19. The minimum absolute atomic E-state index is 0.137. The standard InChI is InChI=1S/C18H24N2O3S/c1-23-17-5-3-2-4-15(17)18-19-10-14(24-18)11-20-8-6-13(7-9-20)16(22)12-21/h2-5,10,13,16,21-22H,6-9,11-12H2,1H3. The monoisotopic (exact) mass is 348 g/mol. The van der Waals surface area contributed by atoms with Crippen LogP contribution in [0.1, 0.15) is 17.7 Å². The average molecular weight is 348 g/mol. The molecule has 1 fully saturated rings. The Morgan fingerprint density at radius 1 is 1.33 bits per heavy atom. The minimum Gasteiger partial charge on any atom is -0.496 e. The lowest BCUT2D eigenvalue weighted by molar-refractivity contribution is 0.0173. The molecule has 5 nitrogen and oxygen atoms in total. The molecule has 0 bridgehead atoms. The molecule has 130 valence electrons. The number of methoxy groups -OCH3 is 1. The van der Waals surface area contributed by atoms with Crippen LogP contribution < -0.4 is 4.74 Å². The third-order valence-electron chi connectivity index (χ3n) is 4.63. The zero-order valence-electron chi connectivity index (χ0n) is 13.9. The Morgan fingerprint density at radius 3 is 2.79 bits per heavy atom. The quantitative estimate of drug-likeness (QED) is 0.839. The van der Waals surface area contributed by atoms with Crippen molar-refractivity contribution in [2.75, 3.05) is 26.8 Å². The van der Waals surface area contributed by atoms with Crippen molar-refractivity contribution in [1.29, 1.82) is 0 Å². The van der Waals surface area contributed by atoms with Gasteiger partial charge in [0, 0.05) is 17.6 Å². The van der Waals surface area contributed by atoms with Crippen LogP contribution in [0, 0.1) is 5.92 Å². The Morgan fingerprint density at radius 2 is 2.08 bits per heavy atom. The van der Waals surface area contributed by atoms with Crippen molar-refractivity contribution in [1.82, 2.24) is 9.88 Å². The van der Waals surface area contributed by atoms with Gasteiger partial charge < -0.3 is 14.9 Å². The van der Waals surface area contributed by atoms with Crippen LogP contribution in [-0.2, 0) is 6.54 Å². The van der Waals surface area contributed by atoms with E-state index in [1.54, 1.807) is 18.4 Å². The van der Waals surface area contributed by atoms with Gasteiger partial charge in [-0.1, -0.05) is 12.1 Å². The van der Waals surface area contributed by atoms with E-state index >= 15 is 0 Å². The first-order valence-corrected chi connectivity index (χ1v) is 9.12. The van der Waals surface area contributed by atoms with Crippen molar-refractivity contribution >= 4 is 11.3 Å². The van der Waals surface area contributed by atoms with Gasteiger partial charge in [0.15, 0.2) is 0 Å². The van der Waals surface area contributed by atoms with Crippen molar-refractivity contribution in [2.24, 2.45) is 5.92 Å². The lowest BCUT2D eigenvalue weighted by Crippen LogP contribution is -2.38. The highest BCUT2D eigenvalue weighted by molar-refractivity contribution is 7.15. The molecule has 0 spiro atoms. The maximum Gasteiger partial charge on any atom is 0.129 e. The number of aliphatic hydroxyl groups is 2. The highest BCUT2D eigenvalue weighted by Gasteiger charge is 2.25. The first-order chi connectivity index (χ1) is 11.7. The summed E-state index contributed by atoms with van der Waals surface area (Å²) in [5, 5.41) is 19.8. The second-order valence-corrected chi connectivity index (χ2v) is 7.31. The Hall–Kier alpha value is -1.47. The number of benzene rings is 1. The Labute approximate surface area is 146 Å². The zero-order chi connectivity index (χ0) is 16.9. The van der Waals surface area contributed by atoms with Gasteiger partial charge in [0.1, 0.15) is 10.8 Å². The lowest BCUT2D eigenvalue weighted by Gasteiger charge is -2.33. The van der Waals surface area contributed by atoms with Crippen molar-refractivity contribution in [3.8, 4) is 16.3 Å². The smallest absolute Gasteiger partial charge is 0.129 e. The Kier molecular flexibility index (Phi) is 5.84. The van der Waals surface area contributed by atoms with E-state index < -0.39 is 6.10 Å². The fourth-order valence-corrected chi connectivity index (χ4v) is 4.18. The number of para-hydroxylation sites is 1. The van der Waals surface area contributed by atoms with Crippen molar-refractivity contribution in [3.63, 3.8) is 0 Å². The van der Waals surface area contributed by atoms with Crippen LogP contribution in [0.15, 0.2) is 30.5 Å². The maximum absolute atomic E-state index is 9.75. The summed E-state index contributed by atoms with van der Waals surface area (Å²) < 4.78 is 5.42. The highest BCUT2D eigenvalue weighted by atomic mass is 32.1. The highest BCUT2D eigenvalue weighted by Crippen LogP contribution is 2.33. The largest absolute Gasteiger partial charge is 0.496 e. The van der Waals surface area contributed by atoms with Gasteiger partial charge in [0.25, 0.3) is 0 Å². The van der Waals surface area contributed by atoms with Gasteiger partial charge in [-0.15, -0.1) is 11.3 Å². The molecule has 3 rings (SSSR count). The summed E-state index contributed by atoms with van der Waals surface area (Å²) in [6, 6.07) is 7.94. The first-order valence-electron chi connectivity index (χ1n) is 8.30.